The highest BCUT2D eigenvalue weighted by Crippen LogP contribution is 2.37. The van der Waals surface area contributed by atoms with E-state index in [0.29, 0.717) is 41.4 Å². The van der Waals surface area contributed by atoms with Crippen molar-refractivity contribution in [2.75, 3.05) is 18.4 Å². The Morgan fingerprint density at radius 3 is 3.00 bits per heavy atom. The second kappa shape index (κ2) is 7.80. The van der Waals surface area contributed by atoms with Crippen molar-refractivity contribution in [2.45, 2.75) is 25.3 Å². The minimum absolute atomic E-state index is 0.0228. The normalized spacial score (nSPS) is 13.7. The molecule has 140 valence electrons. The fourth-order valence-corrected chi connectivity index (χ4v) is 4.13. The lowest BCUT2D eigenvalue weighted by molar-refractivity contribution is 0.0953. The van der Waals surface area contributed by atoms with Crippen molar-refractivity contribution in [1.29, 1.82) is 0 Å². The highest BCUT2D eigenvalue weighted by Gasteiger charge is 2.25. The smallest absolute Gasteiger partial charge is 0.252 e. The van der Waals surface area contributed by atoms with Gasteiger partial charge in [-0.2, -0.15) is 0 Å². The zero-order valence-corrected chi connectivity index (χ0v) is 16.2. The van der Waals surface area contributed by atoms with Gasteiger partial charge in [0.1, 0.15) is 5.69 Å². The Balaban J connectivity index is 1.67. The number of halogens is 1. The number of amides is 1. The first-order chi connectivity index (χ1) is 13.2. The minimum atomic E-state index is -0.0228. The van der Waals surface area contributed by atoms with E-state index < -0.39 is 0 Å². The number of nitrogens with two attached hydrogens (primary N) is 1. The molecular formula is C19H20ClN5OS. The van der Waals surface area contributed by atoms with Crippen LogP contribution in [0.15, 0.2) is 30.5 Å². The monoisotopic (exact) mass is 401 g/mol. The summed E-state index contributed by atoms with van der Waals surface area (Å²) in [7, 11) is 0. The third-order valence-corrected chi connectivity index (χ3v) is 5.74. The summed E-state index contributed by atoms with van der Waals surface area (Å²) in [4.78, 5) is 22.2. The number of aromatic nitrogens is 2. The maximum Gasteiger partial charge on any atom is 0.252 e. The molecule has 0 atom stereocenters. The highest BCUT2D eigenvalue weighted by atomic mass is 35.5. The zero-order valence-electron chi connectivity index (χ0n) is 14.7. The van der Waals surface area contributed by atoms with Gasteiger partial charge in [0.15, 0.2) is 0 Å². The molecule has 0 unspecified atom stereocenters. The largest absolute Gasteiger partial charge is 0.354 e. The Morgan fingerprint density at radius 1 is 1.37 bits per heavy atom. The predicted molar refractivity (Wildman–Crippen MR) is 111 cm³/mol. The van der Waals surface area contributed by atoms with Gasteiger partial charge in [-0.3, -0.25) is 4.79 Å². The van der Waals surface area contributed by atoms with Crippen LogP contribution in [0.25, 0.3) is 20.7 Å². The maximum absolute atomic E-state index is 12.5. The van der Waals surface area contributed by atoms with E-state index in [0.717, 1.165) is 34.2 Å². The number of benzene rings is 1. The van der Waals surface area contributed by atoms with Crippen LogP contribution < -0.4 is 16.4 Å². The molecule has 0 aliphatic heterocycles. The quantitative estimate of drug-likeness (QED) is 0.525. The first-order valence-electron chi connectivity index (χ1n) is 8.96. The molecule has 1 amide bonds. The van der Waals surface area contributed by atoms with Crippen molar-refractivity contribution < 1.29 is 4.79 Å². The van der Waals surface area contributed by atoms with E-state index in [-0.39, 0.29) is 5.91 Å². The lowest BCUT2D eigenvalue weighted by Crippen LogP contribution is -2.25. The van der Waals surface area contributed by atoms with Crippen molar-refractivity contribution >= 4 is 44.9 Å². The van der Waals surface area contributed by atoms with E-state index in [4.69, 9.17) is 17.3 Å². The van der Waals surface area contributed by atoms with Crippen molar-refractivity contribution in [1.82, 2.24) is 15.3 Å². The van der Waals surface area contributed by atoms with Crippen LogP contribution in [0.5, 0.6) is 0 Å². The Kier molecular flexibility index (Phi) is 5.24. The van der Waals surface area contributed by atoms with Gasteiger partial charge in [0.05, 0.1) is 16.1 Å². The van der Waals surface area contributed by atoms with E-state index >= 15 is 0 Å². The van der Waals surface area contributed by atoms with Gasteiger partial charge in [0.2, 0.25) is 5.95 Å². The van der Waals surface area contributed by atoms with Crippen LogP contribution >= 0.6 is 22.9 Å². The van der Waals surface area contributed by atoms with E-state index in [2.05, 4.69) is 20.6 Å². The third-order valence-electron chi connectivity index (χ3n) is 4.36. The number of rotatable bonds is 7. The lowest BCUT2D eigenvalue weighted by Gasteiger charge is -2.06. The van der Waals surface area contributed by atoms with Crippen LogP contribution in [0.1, 0.15) is 29.6 Å². The molecule has 0 spiro atoms. The van der Waals surface area contributed by atoms with Gasteiger partial charge < -0.3 is 16.4 Å². The van der Waals surface area contributed by atoms with Crippen LogP contribution in [0.3, 0.4) is 0 Å². The van der Waals surface area contributed by atoms with Crippen molar-refractivity contribution in [3.8, 4) is 10.6 Å². The molecule has 4 rings (SSSR count). The Labute approximate surface area is 166 Å². The first kappa shape index (κ1) is 18.2. The van der Waals surface area contributed by atoms with E-state index in [1.165, 1.54) is 0 Å². The van der Waals surface area contributed by atoms with E-state index in [1.807, 2.05) is 24.3 Å². The molecule has 0 radical (unpaired) electrons. The molecule has 8 heteroatoms. The molecule has 0 bridgehead atoms. The van der Waals surface area contributed by atoms with Crippen LogP contribution in [0.2, 0.25) is 5.02 Å². The summed E-state index contributed by atoms with van der Waals surface area (Å²) in [5, 5.41) is 7.61. The Hall–Kier alpha value is -2.22. The number of hydrogen-bond acceptors (Lipinski definition) is 6. The molecule has 2 aromatic heterocycles. The number of fused-ring (bicyclic) bond motifs is 1. The highest BCUT2D eigenvalue weighted by molar-refractivity contribution is 7.22. The van der Waals surface area contributed by atoms with Gasteiger partial charge in [0, 0.05) is 28.2 Å². The van der Waals surface area contributed by atoms with Gasteiger partial charge in [0.25, 0.3) is 5.91 Å². The molecule has 6 nitrogen and oxygen atoms in total. The van der Waals surface area contributed by atoms with Crippen molar-refractivity contribution in [3.63, 3.8) is 0 Å². The summed E-state index contributed by atoms with van der Waals surface area (Å²) in [6, 6.07) is 8.08. The van der Waals surface area contributed by atoms with Crippen LogP contribution in [-0.2, 0) is 0 Å². The van der Waals surface area contributed by atoms with Crippen LogP contribution in [0, 0.1) is 0 Å². The first-order valence-corrected chi connectivity index (χ1v) is 10.2. The van der Waals surface area contributed by atoms with Gasteiger partial charge in [-0.25, -0.2) is 9.97 Å². The fourth-order valence-electron chi connectivity index (χ4n) is 2.79. The average Bonchev–Trinajstić information content (AvgIpc) is 3.37. The molecule has 1 aliphatic carbocycles. The number of thiophene rings is 1. The van der Waals surface area contributed by atoms with Gasteiger partial charge >= 0.3 is 0 Å². The minimum Gasteiger partial charge on any atom is -0.354 e. The maximum atomic E-state index is 12.5. The summed E-state index contributed by atoms with van der Waals surface area (Å²) in [6.45, 7) is 1.31. The number of nitrogens with zero attached hydrogens (tertiary/aromatic N) is 2. The molecule has 1 saturated carbocycles. The average molecular weight is 402 g/mol. The van der Waals surface area contributed by atoms with Crippen LogP contribution in [-0.4, -0.2) is 35.0 Å². The van der Waals surface area contributed by atoms with Gasteiger partial charge in [-0.15, -0.1) is 11.3 Å². The topological polar surface area (TPSA) is 92.9 Å². The molecule has 27 heavy (non-hydrogen) atoms. The molecular weight excluding hydrogens is 382 g/mol. The van der Waals surface area contributed by atoms with Gasteiger partial charge in [-0.05, 0) is 44.0 Å². The third kappa shape index (κ3) is 4.05. The lowest BCUT2D eigenvalue weighted by atomic mass is 10.1. The predicted octanol–water partition coefficient (Wildman–Crippen LogP) is 3.66. The zero-order chi connectivity index (χ0) is 18.8. The van der Waals surface area contributed by atoms with E-state index in [1.54, 1.807) is 17.5 Å². The number of anilines is 1. The second-order valence-corrected chi connectivity index (χ2v) is 8.03. The van der Waals surface area contributed by atoms with E-state index in [9.17, 15) is 4.79 Å². The molecule has 0 saturated heterocycles. The molecule has 3 aromatic rings. The standard InChI is InChI=1S/C19H20ClN5OS/c20-14-10-23-19(22-8-2-7-21)25-17(14)16-9-13-12(3-1-4-15(13)27-16)18(26)24-11-5-6-11/h1,3-4,9-11H,2,5-8,21H2,(H,24,26)(H,22,23,25). The Morgan fingerprint density at radius 2 is 2.22 bits per heavy atom. The number of carbonyl (C=O) groups is 1. The van der Waals surface area contributed by atoms with Crippen molar-refractivity contribution in [2.24, 2.45) is 5.73 Å². The summed E-state index contributed by atoms with van der Waals surface area (Å²) in [6.07, 6.45) is 4.56. The molecule has 1 fully saturated rings. The molecule has 1 aromatic carbocycles. The molecule has 2 heterocycles. The van der Waals surface area contributed by atoms with Crippen LogP contribution in [0.4, 0.5) is 5.95 Å². The number of nitrogens with one attached hydrogen (secondary N) is 2. The summed E-state index contributed by atoms with van der Waals surface area (Å²) in [5.41, 5.74) is 6.87. The Bertz CT molecular complexity index is 985. The fraction of sp³-hybridized carbons (Fsp3) is 0.316. The number of hydrogen-bond donors (Lipinski definition) is 3. The number of carbonyl (C=O) groups excluding carboxylic acids is 1. The second-order valence-electron chi connectivity index (χ2n) is 6.53. The molecule has 1 aliphatic rings. The molecule has 4 N–H and O–H groups in total. The van der Waals surface area contributed by atoms with Crippen molar-refractivity contribution in [3.05, 3.63) is 41.0 Å². The SMILES string of the molecule is NCCCNc1ncc(Cl)c(-c2cc3c(C(=O)NC4CC4)cccc3s2)n1. The summed E-state index contributed by atoms with van der Waals surface area (Å²) < 4.78 is 1.03. The van der Waals surface area contributed by atoms with Gasteiger partial charge in [-0.1, -0.05) is 17.7 Å². The summed E-state index contributed by atoms with van der Waals surface area (Å²) >= 11 is 7.92. The summed E-state index contributed by atoms with van der Waals surface area (Å²) in [5.74, 6) is 0.498.